The Morgan fingerprint density at radius 1 is 1.07 bits per heavy atom. The molecule has 2 saturated heterocycles. The average Bonchev–Trinajstić information content (AvgIpc) is 3.29. The van der Waals surface area contributed by atoms with Crippen molar-refractivity contribution >= 4 is 12.0 Å². The van der Waals surface area contributed by atoms with Crippen molar-refractivity contribution in [1.29, 1.82) is 0 Å². The fourth-order valence-corrected chi connectivity index (χ4v) is 6.07. The van der Waals surface area contributed by atoms with Gasteiger partial charge in [0.25, 0.3) is 0 Å². The number of carbonyl (C=O) groups excluding carboxylic acids is 1. The van der Waals surface area contributed by atoms with Crippen LogP contribution in [0.4, 0.5) is 35.5 Å². The molecule has 2 aromatic carbocycles. The number of aryl methyl sites for hydroxylation is 1. The molecule has 1 spiro atoms. The van der Waals surface area contributed by atoms with E-state index in [1.54, 1.807) is 6.92 Å². The second kappa shape index (κ2) is 10.8. The SMILES string of the molecule is Cc1cc(F)ccc1C1CC2(CCN1C(=O)N(C)[C@H](C)c1cc(C(F)(F)F)cc(C(F)(F)F)c1)NCCC2C(=O)O. The van der Waals surface area contributed by atoms with E-state index in [0.29, 0.717) is 36.2 Å². The molecule has 2 amide bonds. The van der Waals surface area contributed by atoms with Crippen LogP contribution in [-0.2, 0) is 17.1 Å². The third-order valence-corrected chi connectivity index (χ3v) is 8.42. The van der Waals surface area contributed by atoms with Gasteiger partial charge in [-0.05, 0) is 86.7 Å². The Kier molecular flexibility index (Phi) is 8.07. The number of hydrogen-bond acceptors (Lipinski definition) is 3. The molecule has 41 heavy (non-hydrogen) atoms. The van der Waals surface area contributed by atoms with Crippen LogP contribution in [0.1, 0.15) is 66.1 Å². The maximum Gasteiger partial charge on any atom is 0.416 e. The van der Waals surface area contributed by atoms with Gasteiger partial charge in [-0.15, -0.1) is 0 Å². The lowest BCUT2D eigenvalue weighted by atomic mass is 9.73. The topological polar surface area (TPSA) is 72.9 Å². The molecule has 224 valence electrons. The van der Waals surface area contributed by atoms with Crippen LogP contribution in [0, 0.1) is 18.7 Å². The fraction of sp³-hybridized carbons (Fsp3) is 0.500. The number of hydrogen-bond donors (Lipinski definition) is 2. The average molecular weight is 590 g/mol. The third kappa shape index (κ3) is 6.00. The first-order valence-electron chi connectivity index (χ1n) is 13.0. The van der Waals surface area contributed by atoms with Crippen LogP contribution in [0.3, 0.4) is 0 Å². The Balaban J connectivity index is 1.71. The number of carboxylic acid groups (broad SMARTS) is 1. The predicted molar refractivity (Wildman–Crippen MR) is 134 cm³/mol. The lowest BCUT2D eigenvalue weighted by Gasteiger charge is -2.48. The van der Waals surface area contributed by atoms with E-state index in [2.05, 4.69) is 5.32 Å². The number of rotatable bonds is 4. The predicted octanol–water partition coefficient (Wildman–Crippen LogP) is 6.55. The summed E-state index contributed by atoms with van der Waals surface area (Å²) >= 11 is 0. The van der Waals surface area contributed by atoms with Gasteiger partial charge in [-0.2, -0.15) is 26.3 Å². The van der Waals surface area contributed by atoms with E-state index in [-0.39, 0.29) is 31.0 Å². The van der Waals surface area contributed by atoms with Gasteiger partial charge in [0.1, 0.15) is 5.82 Å². The number of halogens is 7. The van der Waals surface area contributed by atoms with Crippen LogP contribution in [0.25, 0.3) is 0 Å². The minimum absolute atomic E-state index is 0.0307. The molecule has 0 saturated carbocycles. The van der Waals surface area contributed by atoms with Gasteiger partial charge in [-0.1, -0.05) is 6.07 Å². The van der Waals surface area contributed by atoms with Gasteiger partial charge < -0.3 is 20.2 Å². The number of likely N-dealkylation sites (tertiary alicyclic amines) is 1. The monoisotopic (exact) mass is 589 g/mol. The van der Waals surface area contributed by atoms with Crippen molar-refractivity contribution < 1.29 is 45.4 Å². The van der Waals surface area contributed by atoms with E-state index < -0.39 is 64.8 Å². The zero-order valence-corrected chi connectivity index (χ0v) is 22.5. The second-order valence-electron chi connectivity index (χ2n) is 10.8. The molecule has 2 aliphatic heterocycles. The fourth-order valence-electron chi connectivity index (χ4n) is 6.07. The van der Waals surface area contributed by atoms with Gasteiger partial charge in [0, 0.05) is 19.1 Å². The van der Waals surface area contributed by atoms with Crippen LogP contribution >= 0.6 is 0 Å². The number of alkyl halides is 6. The molecule has 0 radical (unpaired) electrons. The quantitative estimate of drug-likeness (QED) is 0.397. The summed E-state index contributed by atoms with van der Waals surface area (Å²) in [5.41, 5.74) is -3.09. The number of piperidine rings is 1. The minimum atomic E-state index is -5.04. The van der Waals surface area contributed by atoms with Crippen molar-refractivity contribution in [2.75, 3.05) is 20.1 Å². The Morgan fingerprint density at radius 2 is 1.68 bits per heavy atom. The van der Waals surface area contributed by atoms with Gasteiger partial charge >= 0.3 is 24.4 Å². The number of carbonyl (C=O) groups is 2. The molecule has 3 unspecified atom stereocenters. The second-order valence-corrected chi connectivity index (χ2v) is 10.8. The number of amides is 2. The van der Waals surface area contributed by atoms with Crippen LogP contribution in [-0.4, -0.2) is 52.6 Å². The maximum absolute atomic E-state index is 13.9. The molecule has 2 fully saturated rings. The highest BCUT2D eigenvalue weighted by molar-refractivity contribution is 5.76. The molecule has 6 nitrogen and oxygen atoms in total. The van der Waals surface area contributed by atoms with Gasteiger partial charge in [0.15, 0.2) is 0 Å². The highest BCUT2D eigenvalue weighted by Crippen LogP contribution is 2.46. The van der Waals surface area contributed by atoms with E-state index in [9.17, 15) is 45.4 Å². The van der Waals surface area contributed by atoms with Crippen molar-refractivity contribution in [3.05, 3.63) is 70.0 Å². The number of aliphatic carboxylic acids is 1. The largest absolute Gasteiger partial charge is 0.481 e. The molecule has 0 aromatic heterocycles. The van der Waals surface area contributed by atoms with E-state index in [1.165, 1.54) is 37.1 Å². The van der Waals surface area contributed by atoms with Gasteiger partial charge in [-0.25, -0.2) is 9.18 Å². The summed E-state index contributed by atoms with van der Waals surface area (Å²) in [4.78, 5) is 28.4. The van der Waals surface area contributed by atoms with E-state index in [0.717, 1.165) is 4.90 Å². The number of carboxylic acids is 1. The maximum atomic E-state index is 13.9. The van der Waals surface area contributed by atoms with Crippen LogP contribution < -0.4 is 5.32 Å². The van der Waals surface area contributed by atoms with E-state index >= 15 is 0 Å². The smallest absolute Gasteiger partial charge is 0.416 e. The molecule has 0 aliphatic carbocycles. The third-order valence-electron chi connectivity index (χ3n) is 8.42. The number of benzene rings is 2. The lowest BCUT2D eigenvalue weighted by molar-refractivity contribution is -0.145. The summed E-state index contributed by atoms with van der Waals surface area (Å²) in [5, 5.41) is 13.2. The van der Waals surface area contributed by atoms with Crippen molar-refractivity contribution in [2.24, 2.45) is 5.92 Å². The first-order chi connectivity index (χ1) is 18.9. The molecule has 13 heteroatoms. The Morgan fingerprint density at radius 3 is 2.22 bits per heavy atom. The van der Waals surface area contributed by atoms with E-state index in [4.69, 9.17) is 0 Å². The number of urea groups is 1. The van der Waals surface area contributed by atoms with Crippen molar-refractivity contribution in [1.82, 2.24) is 15.1 Å². The number of nitrogens with zero attached hydrogens (tertiary/aromatic N) is 2. The van der Waals surface area contributed by atoms with Crippen LogP contribution in [0.15, 0.2) is 36.4 Å². The Labute approximate surface area is 232 Å². The lowest BCUT2D eigenvalue weighted by Crippen LogP contribution is -2.58. The highest BCUT2D eigenvalue weighted by Gasteiger charge is 2.52. The van der Waals surface area contributed by atoms with Crippen molar-refractivity contribution in [3.8, 4) is 0 Å². The van der Waals surface area contributed by atoms with Crippen LogP contribution in [0.5, 0.6) is 0 Å². The zero-order chi connectivity index (χ0) is 30.5. The minimum Gasteiger partial charge on any atom is -0.481 e. The zero-order valence-electron chi connectivity index (χ0n) is 22.5. The first kappa shape index (κ1) is 30.6. The normalized spacial score (nSPS) is 24.0. The molecular formula is C28H30F7N3O3. The van der Waals surface area contributed by atoms with Crippen LogP contribution in [0.2, 0.25) is 0 Å². The molecule has 4 atom stereocenters. The summed E-state index contributed by atoms with van der Waals surface area (Å²) < 4.78 is 94.7. The van der Waals surface area contributed by atoms with Gasteiger partial charge in [0.05, 0.1) is 29.1 Å². The standard InChI is InChI=1S/C28H30F7N3O3/c1-15-10-20(29)4-5-21(15)23-14-26(22(24(39)40)6-8-36-26)7-9-38(23)25(41)37(3)16(2)17-11-18(27(30,31)32)13-19(12-17)28(33,34)35/h4-5,10-13,16,22-23,36H,6-9,14H2,1-3H3,(H,39,40)/t16-,22?,23?,26?/m1/s1. The molecular weight excluding hydrogens is 559 g/mol. The highest BCUT2D eigenvalue weighted by atomic mass is 19.4. The van der Waals surface area contributed by atoms with Crippen molar-refractivity contribution in [3.63, 3.8) is 0 Å². The molecule has 2 heterocycles. The van der Waals surface area contributed by atoms with Gasteiger partial charge in [0.2, 0.25) is 0 Å². The van der Waals surface area contributed by atoms with E-state index in [1.807, 2.05) is 0 Å². The summed E-state index contributed by atoms with van der Waals surface area (Å²) in [7, 11) is 1.29. The molecule has 2 N–H and O–H groups in total. The summed E-state index contributed by atoms with van der Waals surface area (Å²) in [5.74, 6) is -2.22. The Bertz CT molecular complexity index is 1300. The number of nitrogens with one attached hydrogen (secondary N) is 1. The summed E-state index contributed by atoms with van der Waals surface area (Å²) in [6, 6.07) is 2.64. The molecule has 4 rings (SSSR count). The summed E-state index contributed by atoms with van der Waals surface area (Å²) in [6.07, 6.45) is -9.27. The molecule has 0 bridgehead atoms. The summed E-state index contributed by atoms with van der Waals surface area (Å²) in [6.45, 7) is 3.49. The van der Waals surface area contributed by atoms with Gasteiger partial charge in [-0.3, -0.25) is 4.79 Å². The van der Waals surface area contributed by atoms with Crippen molar-refractivity contribution in [2.45, 2.75) is 63.1 Å². The Hall–Kier alpha value is -3.35. The first-order valence-corrected chi connectivity index (χ1v) is 13.0. The molecule has 2 aliphatic rings. The molecule has 2 aromatic rings.